The smallest absolute Gasteiger partial charge is 0.318 e. The number of nitrogens with zero attached hydrogens (tertiary/aromatic N) is 4. The summed E-state index contributed by atoms with van der Waals surface area (Å²) < 4.78 is 40.8. The zero-order valence-electron chi connectivity index (χ0n) is 36.4. The van der Waals surface area contributed by atoms with Crippen LogP contribution in [0.5, 0.6) is 11.5 Å². The number of carbonyl (C=O) groups excluding carboxylic acids is 4. The highest BCUT2D eigenvalue weighted by atomic mass is 32.2. The van der Waals surface area contributed by atoms with E-state index in [1.54, 1.807) is 12.0 Å². The highest BCUT2D eigenvalue weighted by molar-refractivity contribution is 7.91. The normalized spacial score (nSPS) is 25.7. The van der Waals surface area contributed by atoms with Crippen molar-refractivity contribution in [3.8, 4) is 22.2 Å². The van der Waals surface area contributed by atoms with E-state index in [1.807, 2.05) is 65.0 Å². The molecule has 1 aromatic carbocycles. The van der Waals surface area contributed by atoms with Gasteiger partial charge >= 0.3 is 6.03 Å². The van der Waals surface area contributed by atoms with Gasteiger partial charge in [0.05, 0.1) is 30.1 Å². The summed E-state index contributed by atoms with van der Waals surface area (Å²) in [5, 5.41) is 8.91. The molecule has 0 spiro atoms. The van der Waals surface area contributed by atoms with E-state index in [0.29, 0.717) is 60.7 Å². The van der Waals surface area contributed by atoms with Crippen LogP contribution in [0, 0.1) is 12.8 Å². The highest BCUT2D eigenvalue weighted by Crippen LogP contribution is 2.47. The Bertz CT molecular complexity index is 2370. The van der Waals surface area contributed by atoms with Crippen LogP contribution in [0.15, 0.2) is 35.7 Å². The number of methoxy groups -OCH3 is 1. The molecule has 0 unspecified atom stereocenters. The number of aryl methyl sites for hydroxylation is 1. The Balaban J connectivity index is 1.15. The number of sulfonamides is 1. The van der Waals surface area contributed by atoms with Crippen LogP contribution < -0.4 is 24.8 Å². The van der Waals surface area contributed by atoms with E-state index < -0.39 is 62.6 Å². The zero-order valence-corrected chi connectivity index (χ0v) is 38.1. The summed E-state index contributed by atoms with van der Waals surface area (Å²) in [6.07, 6.45) is 9.95. The molecule has 334 valence electrons. The average molecular weight is 890 g/mol. The number of pyridine rings is 1. The first-order valence-electron chi connectivity index (χ1n) is 22.1. The van der Waals surface area contributed by atoms with Crippen molar-refractivity contribution in [1.29, 1.82) is 0 Å². The van der Waals surface area contributed by atoms with Crippen molar-refractivity contribution < 1.29 is 37.1 Å². The van der Waals surface area contributed by atoms with Crippen molar-refractivity contribution >= 4 is 56.0 Å². The lowest BCUT2D eigenvalue weighted by Gasteiger charge is -2.34. The number of carbonyl (C=O) groups is 4. The van der Waals surface area contributed by atoms with Crippen LogP contribution in [0.4, 0.5) is 4.79 Å². The first-order valence-corrected chi connectivity index (χ1v) is 24.6. The van der Waals surface area contributed by atoms with Gasteiger partial charge in [-0.3, -0.25) is 19.1 Å². The van der Waals surface area contributed by atoms with Crippen molar-refractivity contribution in [2.45, 2.75) is 152 Å². The van der Waals surface area contributed by atoms with Crippen molar-refractivity contribution in [2.24, 2.45) is 5.92 Å². The molecule has 2 aliphatic heterocycles. The van der Waals surface area contributed by atoms with Gasteiger partial charge in [0.2, 0.25) is 21.8 Å². The van der Waals surface area contributed by atoms with Gasteiger partial charge in [-0.2, -0.15) is 0 Å². The third-order valence-corrected chi connectivity index (χ3v) is 15.6. The second kappa shape index (κ2) is 17.4. The SMILES string of the molecule is COc1ccc2c(O[C@@H]3C[C@H]4C(=O)N[C@]5(C(=O)NS(=O)(=O)C6CC6)C[C@H]5C=CCCCCC[C@H](NC(=O)N(C(C)C)C(C)C)C(=O)N4C3)cc(-c3nc(C4CC4)cs3)nc2c1C. The van der Waals surface area contributed by atoms with Gasteiger partial charge in [0, 0.05) is 52.7 Å². The predicted octanol–water partition coefficient (Wildman–Crippen LogP) is 6.10. The Kier molecular flexibility index (Phi) is 12.3. The van der Waals surface area contributed by atoms with Crippen molar-refractivity contribution in [1.82, 2.24) is 35.1 Å². The lowest BCUT2D eigenvalue weighted by Crippen LogP contribution is -2.59. The number of hydrogen-bond donors (Lipinski definition) is 3. The molecule has 3 aromatic rings. The van der Waals surface area contributed by atoms with Gasteiger partial charge in [-0.15, -0.1) is 11.3 Å². The standard InChI is InChI=1S/C45H59N7O8S2/c1-25(2)52(26(3)4)44(56)48-33-13-11-9-7-8-10-12-29-22-45(29,43(55)50-62(57,58)31-16-17-31)49-40(53)36-20-30(23-51(36)42(33)54)60-38-21-34(41-47-35(24-61-41)28-14-15-28)46-39-27(5)37(59-6)19-18-32(38)39/h10,12,18-19,21,24-26,28-31,33,36H,7-9,11,13-17,20,22-23H2,1-6H3,(H,48,56)(H,49,53)(H,50,55)/t29-,30-,33+,36+,45-/m1/s1. The van der Waals surface area contributed by atoms with Crippen LogP contribution in [0.3, 0.4) is 0 Å². The van der Waals surface area contributed by atoms with Crippen LogP contribution in [0.1, 0.15) is 115 Å². The molecule has 5 aliphatic rings. The molecule has 4 heterocycles. The van der Waals surface area contributed by atoms with E-state index in [1.165, 1.54) is 16.2 Å². The van der Waals surface area contributed by atoms with E-state index in [4.69, 9.17) is 19.4 Å². The molecule has 5 amide bonds. The molecule has 62 heavy (non-hydrogen) atoms. The summed E-state index contributed by atoms with van der Waals surface area (Å²) >= 11 is 1.53. The highest BCUT2D eigenvalue weighted by Gasteiger charge is 2.62. The van der Waals surface area contributed by atoms with Crippen LogP contribution in [-0.4, -0.2) is 107 Å². The van der Waals surface area contributed by atoms with Crippen LogP contribution in [-0.2, 0) is 24.4 Å². The number of urea groups is 1. The summed E-state index contributed by atoms with van der Waals surface area (Å²) in [4.78, 5) is 70.6. The number of aromatic nitrogens is 2. The number of benzene rings is 1. The van der Waals surface area contributed by atoms with Gasteiger partial charge in [-0.05, 0) is 98.1 Å². The molecule has 15 nitrogen and oxygen atoms in total. The number of rotatable bonds is 11. The second-order valence-electron chi connectivity index (χ2n) is 18.2. The molecule has 3 saturated carbocycles. The number of thiazole rings is 1. The minimum Gasteiger partial charge on any atom is -0.496 e. The molecule has 8 rings (SSSR count). The largest absolute Gasteiger partial charge is 0.496 e. The number of fused-ring (bicyclic) bond motifs is 3. The lowest BCUT2D eigenvalue weighted by atomic mass is 10.0. The quantitative estimate of drug-likeness (QED) is 0.190. The van der Waals surface area contributed by atoms with E-state index in [2.05, 4.69) is 20.7 Å². The monoisotopic (exact) mass is 889 g/mol. The van der Waals surface area contributed by atoms with E-state index in [9.17, 15) is 27.6 Å². The fourth-order valence-electron chi connectivity index (χ4n) is 9.09. The van der Waals surface area contributed by atoms with E-state index in [0.717, 1.165) is 47.3 Å². The Morgan fingerprint density at radius 1 is 1.02 bits per heavy atom. The molecule has 0 bridgehead atoms. The van der Waals surface area contributed by atoms with Gasteiger partial charge in [0.1, 0.15) is 45.9 Å². The third-order valence-electron chi connectivity index (χ3n) is 12.9. The first-order chi connectivity index (χ1) is 29.6. The van der Waals surface area contributed by atoms with Gasteiger partial charge in [-0.25, -0.2) is 23.2 Å². The Labute approximate surface area is 367 Å². The number of ether oxygens (including phenoxy) is 2. The van der Waals surface area contributed by atoms with E-state index >= 15 is 0 Å². The molecule has 5 atom stereocenters. The third kappa shape index (κ3) is 9.01. The summed E-state index contributed by atoms with van der Waals surface area (Å²) in [5.74, 6) is -0.596. The van der Waals surface area contributed by atoms with Gasteiger partial charge in [0.25, 0.3) is 5.91 Å². The minimum absolute atomic E-state index is 0.0112. The number of amides is 5. The second-order valence-corrected chi connectivity index (χ2v) is 21.1. The number of nitrogens with one attached hydrogen (secondary N) is 3. The predicted molar refractivity (Wildman–Crippen MR) is 236 cm³/mol. The maximum Gasteiger partial charge on any atom is 0.318 e. The molecule has 17 heteroatoms. The van der Waals surface area contributed by atoms with Crippen molar-refractivity contribution in [3.05, 3.63) is 47.0 Å². The number of allylic oxidation sites excluding steroid dienone is 1. The molecule has 2 aromatic heterocycles. The van der Waals surface area contributed by atoms with Crippen LogP contribution in [0.2, 0.25) is 0 Å². The molecule has 4 fully saturated rings. The summed E-state index contributed by atoms with van der Waals surface area (Å²) in [6.45, 7) is 9.64. The zero-order chi connectivity index (χ0) is 44.1. The molecular weight excluding hydrogens is 831 g/mol. The van der Waals surface area contributed by atoms with E-state index in [-0.39, 0.29) is 37.5 Å². The fourth-order valence-corrected chi connectivity index (χ4v) is 11.3. The first kappa shape index (κ1) is 43.9. The Morgan fingerprint density at radius 3 is 2.47 bits per heavy atom. The van der Waals surface area contributed by atoms with Gasteiger partial charge in [-0.1, -0.05) is 25.0 Å². The number of hydrogen-bond acceptors (Lipinski definition) is 11. The van der Waals surface area contributed by atoms with Gasteiger partial charge in [0.15, 0.2) is 0 Å². The fraction of sp³-hybridized carbons (Fsp3) is 0.600. The van der Waals surface area contributed by atoms with Crippen LogP contribution >= 0.6 is 11.3 Å². The molecule has 3 N–H and O–H groups in total. The van der Waals surface area contributed by atoms with Gasteiger partial charge < -0.3 is 29.9 Å². The summed E-state index contributed by atoms with van der Waals surface area (Å²) in [5.41, 5.74) is 1.67. The summed E-state index contributed by atoms with van der Waals surface area (Å²) in [7, 11) is -2.30. The lowest BCUT2D eigenvalue weighted by molar-refractivity contribution is -0.141. The van der Waals surface area contributed by atoms with Crippen LogP contribution in [0.25, 0.3) is 21.6 Å². The maximum atomic E-state index is 15.0. The molecule has 1 saturated heterocycles. The molecular formula is C45H59N7O8S2. The summed E-state index contributed by atoms with van der Waals surface area (Å²) in [6, 6.07) is 2.92. The molecule has 0 radical (unpaired) electrons. The topological polar surface area (TPSA) is 189 Å². The molecule has 3 aliphatic carbocycles. The minimum atomic E-state index is -3.91. The Hall–Kier alpha value is -4.77. The average Bonchev–Trinajstić information content (AvgIpc) is 4.18. The Morgan fingerprint density at radius 2 is 1.77 bits per heavy atom. The van der Waals surface area contributed by atoms with Crippen molar-refractivity contribution in [3.63, 3.8) is 0 Å². The maximum absolute atomic E-state index is 15.0. The van der Waals surface area contributed by atoms with Crippen molar-refractivity contribution in [2.75, 3.05) is 13.7 Å².